The van der Waals surface area contributed by atoms with Crippen LogP contribution in [0.1, 0.15) is 74.6 Å². The van der Waals surface area contributed by atoms with E-state index in [2.05, 4.69) is 9.64 Å². The van der Waals surface area contributed by atoms with Gasteiger partial charge in [-0.2, -0.15) is 8.78 Å². The highest BCUT2D eigenvalue weighted by atomic mass is 19.3. The summed E-state index contributed by atoms with van der Waals surface area (Å²) in [5.74, 6) is -2.64. The molecule has 3 aliphatic rings. The Hall–Kier alpha value is -2.81. The number of alkyl halides is 2. The van der Waals surface area contributed by atoms with E-state index in [1.807, 2.05) is 13.0 Å². The predicted octanol–water partition coefficient (Wildman–Crippen LogP) is 6.70. The van der Waals surface area contributed by atoms with E-state index in [9.17, 15) is 23.1 Å². The van der Waals surface area contributed by atoms with Gasteiger partial charge in [0, 0.05) is 30.6 Å². The Labute approximate surface area is 219 Å². The normalized spacial score (nSPS) is 21.4. The minimum Gasteiger partial charge on any atom is -0.484 e. The maximum absolute atomic E-state index is 15.9. The van der Waals surface area contributed by atoms with Gasteiger partial charge in [-0.1, -0.05) is 19.1 Å². The van der Waals surface area contributed by atoms with Crippen molar-refractivity contribution >= 4 is 5.97 Å². The number of aliphatic carboxylic acids is 1. The first-order valence-electron chi connectivity index (χ1n) is 13.3. The first kappa shape index (κ1) is 26.8. The van der Waals surface area contributed by atoms with Crippen molar-refractivity contribution in [1.82, 2.24) is 4.90 Å². The average Bonchev–Trinajstić information content (AvgIpc) is 3.72. The van der Waals surface area contributed by atoms with Gasteiger partial charge >= 0.3 is 12.6 Å². The zero-order chi connectivity index (χ0) is 27.2. The van der Waals surface area contributed by atoms with E-state index in [-0.39, 0.29) is 23.5 Å². The lowest BCUT2D eigenvalue weighted by Gasteiger charge is -2.46. The number of carboxylic acids is 1. The molecule has 0 radical (unpaired) electrons. The molecule has 2 aliphatic heterocycles. The van der Waals surface area contributed by atoms with Gasteiger partial charge in [0.1, 0.15) is 17.2 Å². The molecular weight excluding hydrogens is 502 g/mol. The van der Waals surface area contributed by atoms with Crippen molar-refractivity contribution in [1.29, 1.82) is 0 Å². The van der Waals surface area contributed by atoms with Crippen LogP contribution in [0.5, 0.6) is 11.5 Å². The van der Waals surface area contributed by atoms with Crippen molar-refractivity contribution in [2.24, 2.45) is 11.8 Å². The molecular formula is C29H33F4NO4. The Morgan fingerprint density at radius 1 is 1.08 bits per heavy atom. The highest BCUT2D eigenvalue weighted by Crippen LogP contribution is 2.50. The number of nitrogens with zero attached hydrogens (tertiary/aromatic N) is 1. The number of rotatable bonds is 8. The summed E-state index contributed by atoms with van der Waals surface area (Å²) in [6, 6.07) is 6.79. The lowest BCUT2D eigenvalue weighted by molar-refractivity contribution is -0.142. The molecule has 206 valence electrons. The SMILES string of the molecule is CC(c1cc(F)ccc1OC(F)F)N1CCC2(CCc3ccc([C@H](C4CC4)[C@H](C)C(=O)O)c(F)c3O2)CC1. The van der Waals surface area contributed by atoms with Crippen molar-refractivity contribution < 1.29 is 36.9 Å². The number of aryl methyl sites for hydroxylation is 1. The predicted molar refractivity (Wildman–Crippen MR) is 133 cm³/mol. The summed E-state index contributed by atoms with van der Waals surface area (Å²) in [5, 5.41) is 9.62. The van der Waals surface area contributed by atoms with Crippen molar-refractivity contribution in [2.75, 3.05) is 13.1 Å². The summed E-state index contributed by atoms with van der Waals surface area (Å²) in [6.45, 7) is 1.58. The molecule has 1 saturated heterocycles. The molecule has 2 aromatic carbocycles. The fraction of sp³-hybridized carbons (Fsp3) is 0.552. The van der Waals surface area contributed by atoms with Crippen LogP contribution in [0.25, 0.3) is 0 Å². The van der Waals surface area contributed by atoms with Crippen molar-refractivity contribution in [2.45, 2.75) is 76.5 Å². The molecule has 9 heteroatoms. The minimum absolute atomic E-state index is 0.0487. The van der Waals surface area contributed by atoms with Gasteiger partial charge in [-0.15, -0.1) is 0 Å². The molecule has 0 bridgehead atoms. The molecule has 3 atom stereocenters. The molecule has 5 nitrogen and oxygen atoms in total. The Balaban J connectivity index is 1.33. The molecule has 2 fully saturated rings. The summed E-state index contributed by atoms with van der Waals surface area (Å²) in [6.07, 6.45) is 4.36. The molecule has 0 amide bonds. The summed E-state index contributed by atoms with van der Waals surface area (Å²) >= 11 is 0. The number of hydrogen-bond acceptors (Lipinski definition) is 4. The minimum atomic E-state index is -3.01. The smallest absolute Gasteiger partial charge is 0.387 e. The molecule has 5 rings (SSSR count). The summed E-state index contributed by atoms with van der Waals surface area (Å²) in [4.78, 5) is 13.8. The summed E-state index contributed by atoms with van der Waals surface area (Å²) in [7, 11) is 0. The van der Waals surface area contributed by atoms with Gasteiger partial charge in [0.25, 0.3) is 0 Å². The molecule has 1 spiro atoms. The molecule has 1 aliphatic carbocycles. The highest BCUT2D eigenvalue weighted by molar-refractivity contribution is 5.71. The van der Waals surface area contributed by atoms with Crippen molar-refractivity contribution in [3.63, 3.8) is 0 Å². The zero-order valence-electron chi connectivity index (χ0n) is 21.6. The zero-order valence-corrected chi connectivity index (χ0v) is 21.6. The van der Waals surface area contributed by atoms with Gasteiger partial charge in [0.15, 0.2) is 11.6 Å². The van der Waals surface area contributed by atoms with Crippen LogP contribution in [0.15, 0.2) is 30.3 Å². The van der Waals surface area contributed by atoms with Gasteiger partial charge in [-0.05, 0) is 80.7 Å². The maximum atomic E-state index is 15.9. The number of ether oxygens (including phenoxy) is 2. The molecule has 0 aromatic heterocycles. The number of likely N-dealkylation sites (tertiary alicyclic amines) is 1. The number of halogens is 4. The van der Waals surface area contributed by atoms with E-state index in [4.69, 9.17) is 4.74 Å². The van der Waals surface area contributed by atoms with Crippen LogP contribution in [0.2, 0.25) is 0 Å². The van der Waals surface area contributed by atoms with Gasteiger partial charge in [0.2, 0.25) is 0 Å². The monoisotopic (exact) mass is 535 g/mol. The van der Waals surface area contributed by atoms with Crippen LogP contribution >= 0.6 is 0 Å². The summed E-state index contributed by atoms with van der Waals surface area (Å²) in [5.41, 5.74) is 0.992. The number of fused-ring (bicyclic) bond motifs is 1. The third-order valence-electron chi connectivity index (χ3n) is 8.69. The highest BCUT2D eigenvalue weighted by Gasteiger charge is 2.44. The van der Waals surface area contributed by atoms with Crippen LogP contribution in [0.3, 0.4) is 0 Å². The van der Waals surface area contributed by atoms with Crippen LogP contribution in [-0.4, -0.2) is 41.3 Å². The van der Waals surface area contributed by atoms with Crippen molar-refractivity contribution in [3.8, 4) is 11.5 Å². The molecule has 2 aromatic rings. The molecule has 2 heterocycles. The third kappa shape index (κ3) is 5.22. The number of piperidine rings is 1. The van der Waals surface area contributed by atoms with Gasteiger partial charge in [-0.25, -0.2) is 8.78 Å². The second-order valence-corrected chi connectivity index (χ2v) is 11.0. The lowest BCUT2D eigenvalue weighted by Crippen LogP contribution is -2.50. The summed E-state index contributed by atoms with van der Waals surface area (Å²) < 4.78 is 66.7. The average molecular weight is 536 g/mol. The Morgan fingerprint density at radius 3 is 2.42 bits per heavy atom. The van der Waals surface area contributed by atoms with E-state index in [1.54, 1.807) is 13.0 Å². The standard InChI is InChI=1S/C29H33F4NO4/c1-16(27(35)36)24(18-3-4-18)21-7-5-19-9-10-29(38-26(19)25(21)31)11-13-34(14-12-29)17(2)22-15-20(30)6-8-23(22)37-28(32)33/h5-8,15-18,24,28H,3-4,9-14H2,1-2H3,(H,35,36)/t16-,17?,24-/m0/s1. The fourth-order valence-electron chi connectivity index (χ4n) is 6.26. The third-order valence-corrected chi connectivity index (χ3v) is 8.69. The van der Waals surface area contributed by atoms with E-state index in [0.717, 1.165) is 30.9 Å². The first-order valence-corrected chi connectivity index (χ1v) is 13.3. The number of carbonyl (C=O) groups is 1. The Kier molecular flexibility index (Phi) is 7.33. The Morgan fingerprint density at radius 2 is 1.79 bits per heavy atom. The van der Waals surface area contributed by atoms with E-state index in [1.165, 1.54) is 12.1 Å². The second-order valence-electron chi connectivity index (χ2n) is 11.0. The van der Waals surface area contributed by atoms with Gasteiger partial charge < -0.3 is 14.6 Å². The Bertz CT molecular complexity index is 1190. The van der Waals surface area contributed by atoms with Crippen LogP contribution in [-0.2, 0) is 11.2 Å². The molecule has 1 N–H and O–H groups in total. The second kappa shape index (κ2) is 10.4. The number of benzene rings is 2. The van der Waals surface area contributed by atoms with Crippen LogP contribution in [0.4, 0.5) is 17.6 Å². The van der Waals surface area contributed by atoms with Gasteiger partial charge in [0.05, 0.1) is 5.92 Å². The van der Waals surface area contributed by atoms with Crippen LogP contribution < -0.4 is 9.47 Å². The van der Waals surface area contributed by atoms with Crippen molar-refractivity contribution in [3.05, 3.63) is 58.7 Å². The van der Waals surface area contributed by atoms with E-state index < -0.39 is 41.7 Å². The first-order chi connectivity index (χ1) is 18.1. The van der Waals surface area contributed by atoms with E-state index in [0.29, 0.717) is 43.5 Å². The number of carboxylic acid groups (broad SMARTS) is 1. The van der Waals surface area contributed by atoms with Gasteiger partial charge in [-0.3, -0.25) is 9.69 Å². The molecule has 38 heavy (non-hydrogen) atoms. The fourth-order valence-corrected chi connectivity index (χ4v) is 6.26. The quantitative estimate of drug-likeness (QED) is 0.381. The molecule has 1 saturated carbocycles. The topological polar surface area (TPSA) is 59.0 Å². The number of hydrogen-bond donors (Lipinski definition) is 1. The van der Waals surface area contributed by atoms with E-state index >= 15 is 4.39 Å². The lowest BCUT2D eigenvalue weighted by atomic mass is 9.79. The maximum Gasteiger partial charge on any atom is 0.387 e. The molecule has 1 unspecified atom stereocenters. The van der Waals surface area contributed by atoms with Crippen LogP contribution in [0, 0.1) is 23.5 Å². The largest absolute Gasteiger partial charge is 0.484 e.